The highest BCUT2D eigenvalue weighted by Gasteiger charge is 2.43. The number of Topliss-reactive ketones (excluding diaryl/α,β-unsaturated/α-hetero) is 1. The molecular formula is C24H26FNO5. The summed E-state index contributed by atoms with van der Waals surface area (Å²) in [5.74, 6) is -2.13. The highest BCUT2D eigenvalue weighted by Crippen LogP contribution is 2.41. The summed E-state index contributed by atoms with van der Waals surface area (Å²) in [7, 11) is 0. The zero-order chi connectivity index (χ0) is 22.7. The molecule has 2 aromatic carbocycles. The lowest BCUT2D eigenvalue weighted by Gasteiger charge is -2.27. The van der Waals surface area contributed by atoms with Gasteiger partial charge in [0.05, 0.1) is 18.2 Å². The summed E-state index contributed by atoms with van der Waals surface area (Å²) < 4.78 is 18.7. The zero-order valence-electron chi connectivity index (χ0n) is 17.8. The largest absolute Gasteiger partial charge is 0.504 e. The van der Waals surface area contributed by atoms with Crippen LogP contribution in [0.25, 0.3) is 0 Å². The zero-order valence-corrected chi connectivity index (χ0v) is 17.8. The summed E-state index contributed by atoms with van der Waals surface area (Å²) in [5, 5.41) is 20.6. The number of ether oxygens (including phenoxy) is 1. The SMILES string of the molecule is CCOc1cc(C2C(C(=O)C(C)C)=C(O)C(=O)N2CCc2ccc(F)cc2)ccc1O. The first-order valence-corrected chi connectivity index (χ1v) is 10.2. The molecule has 2 aromatic rings. The lowest BCUT2D eigenvalue weighted by atomic mass is 9.91. The molecule has 1 heterocycles. The molecule has 0 spiro atoms. The number of nitrogens with zero attached hydrogens (tertiary/aromatic N) is 1. The predicted octanol–water partition coefficient (Wildman–Crippen LogP) is 4.09. The van der Waals surface area contributed by atoms with Gasteiger partial charge >= 0.3 is 0 Å². The Labute approximate surface area is 180 Å². The predicted molar refractivity (Wildman–Crippen MR) is 113 cm³/mol. The van der Waals surface area contributed by atoms with Crippen molar-refractivity contribution in [3.8, 4) is 11.5 Å². The van der Waals surface area contributed by atoms with Crippen molar-refractivity contribution in [1.82, 2.24) is 4.90 Å². The lowest BCUT2D eigenvalue weighted by molar-refractivity contribution is -0.129. The number of halogens is 1. The summed E-state index contributed by atoms with van der Waals surface area (Å²) in [6.45, 7) is 5.72. The van der Waals surface area contributed by atoms with Crippen molar-refractivity contribution >= 4 is 11.7 Å². The standard InChI is InChI=1S/C24H26FNO5/c1-4-31-19-13-16(7-10-18(19)27)21-20(22(28)14(2)3)23(29)24(30)26(21)12-11-15-5-8-17(25)9-6-15/h5-10,13-14,21,27,29H,4,11-12H2,1-3H3. The summed E-state index contributed by atoms with van der Waals surface area (Å²) in [5.41, 5.74) is 1.39. The first-order chi connectivity index (χ1) is 14.7. The number of aliphatic hydroxyl groups excluding tert-OH is 1. The fraction of sp³-hybridized carbons (Fsp3) is 0.333. The Morgan fingerprint density at radius 2 is 1.84 bits per heavy atom. The van der Waals surface area contributed by atoms with Crippen LogP contribution in [0.2, 0.25) is 0 Å². The van der Waals surface area contributed by atoms with E-state index in [9.17, 15) is 24.2 Å². The Kier molecular flexibility index (Phi) is 6.63. The lowest BCUT2D eigenvalue weighted by Crippen LogP contribution is -2.33. The number of aliphatic hydroxyl groups is 1. The highest BCUT2D eigenvalue weighted by molar-refractivity contribution is 6.09. The smallest absolute Gasteiger partial charge is 0.290 e. The topological polar surface area (TPSA) is 87.1 Å². The number of amides is 1. The maximum absolute atomic E-state index is 13.2. The van der Waals surface area contributed by atoms with E-state index in [1.54, 1.807) is 45.0 Å². The number of aromatic hydroxyl groups is 1. The number of ketones is 1. The number of carbonyl (C=O) groups excluding carboxylic acids is 2. The van der Waals surface area contributed by atoms with Crippen molar-refractivity contribution in [2.24, 2.45) is 5.92 Å². The highest BCUT2D eigenvalue weighted by atomic mass is 19.1. The molecule has 31 heavy (non-hydrogen) atoms. The fourth-order valence-corrected chi connectivity index (χ4v) is 3.67. The maximum Gasteiger partial charge on any atom is 0.290 e. The average molecular weight is 427 g/mol. The summed E-state index contributed by atoms with van der Waals surface area (Å²) in [6.07, 6.45) is 0.412. The van der Waals surface area contributed by atoms with Crippen LogP contribution < -0.4 is 4.74 Å². The normalized spacial score (nSPS) is 16.4. The fourth-order valence-electron chi connectivity index (χ4n) is 3.67. The van der Waals surface area contributed by atoms with Crippen molar-refractivity contribution in [1.29, 1.82) is 0 Å². The van der Waals surface area contributed by atoms with Gasteiger partial charge in [-0.15, -0.1) is 0 Å². The van der Waals surface area contributed by atoms with Crippen molar-refractivity contribution < 1.29 is 28.9 Å². The number of hydrogen-bond donors (Lipinski definition) is 2. The number of rotatable bonds is 8. The van der Waals surface area contributed by atoms with Gasteiger partial charge in [-0.1, -0.05) is 32.0 Å². The molecule has 0 radical (unpaired) electrons. The first kappa shape index (κ1) is 22.3. The minimum absolute atomic E-state index is 0.0345. The van der Waals surface area contributed by atoms with Crippen LogP contribution in [0.1, 0.15) is 37.9 Å². The monoisotopic (exact) mass is 427 g/mol. The van der Waals surface area contributed by atoms with Crippen LogP contribution in [0.15, 0.2) is 53.8 Å². The van der Waals surface area contributed by atoms with E-state index >= 15 is 0 Å². The second-order valence-corrected chi connectivity index (χ2v) is 7.72. The van der Waals surface area contributed by atoms with Crippen LogP contribution in [-0.2, 0) is 16.0 Å². The van der Waals surface area contributed by atoms with Gasteiger partial charge in [0.2, 0.25) is 0 Å². The second-order valence-electron chi connectivity index (χ2n) is 7.72. The minimum atomic E-state index is -0.817. The Bertz CT molecular complexity index is 1010. The molecule has 1 aliphatic rings. The van der Waals surface area contributed by atoms with Crippen LogP contribution in [0.3, 0.4) is 0 Å². The van der Waals surface area contributed by atoms with Crippen LogP contribution in [-0.4, -0.2) is 40.0 Å². The number of carbonyl (C=O) groups is 2. The van der Waals surface area contributed by atoms with E-state index in [1.165, 1.54) is 23.1 Å². The van der Waals surface area contributed by atoms with Gasteiger partial charge < -0.3 is 19.8 Å². The molecule has 0 aliphatic carbocycles. The van der Waals surface area contributed by atoms with Crippen LogP contribution in [0, 0.1) is 11.7 Å². The molecule has 3 rings (SSSR count). The van der Waals surface area contributed by atoms with Gasteiger partial charge in [-0.3, -0.25) is 9.59 Å². The quantitative estimate of drug-likeness (QED) is 0.663. The third-order valence-corrected chi connectivity index (χ3v) is 5.25. The average Bonchev–Trinajstić information content (AvgIpc) is 2.99. The van der Waals surface area contributed by atoms with E-state index in [-0.39, 0.29) is 35.2 Å². The third kappa shape index (κ3) is 4.55. The molecular weight excluding hydrogens is 401 g/mol. The van der Waals surface area contributed by atoms with Gasteiger partial charge in [-0.2, -0.15) is 0 Å². The third-order valence-electron chi connectivity index (χ3n) is 5.25. The molecule has 164 valence electrons. The molecule has 0 bridgehead atoms. The van der Waals surface area contributed by atoms with Crippen molar-refractivity contribution in [3.05, 3.63) is 70.7 Å². The molecule has 1 unspecified atom stereocenters. The molecule has 0 aromatic heterocycles. The molecule has 7 heteroatoms. The maximum atomic E-state index is 13.2. The van der Waals surface area contributed by atoms with Gasteiger partial charge in [0.15, 0.2) is 23.0 Å². The van der Waals surface area contributed by atoms with Crippen LogP contribution in [0.4, 0.5) is 4.39 Å². The number of phenolic OH excluding ortho intramolecular Hbond substituents is 1. The summed E-state index contributed by atoms with van der Waals surface area (Å²) in [4.78, 5) is 27.2. The van der Waals surface area contributed by atoms with E-state index in [2.05, 4.69) is 0 Å². The van der Waals surface area contributed by atoms with E-state index in [4.69, 9.17) is 4.74 Å². The summed E-state index contributed by atoms with van der Waals surface area (Å²) >= 11 is 0. The molecule has 1 aliphatic heterocycles. The second kappa shape index (κ2) is 9.20. The van der Waals surface area contributed by atoms with E-state index in [0.717, 1.165) is 5.56 Å². The molecule has 1 amide bonds. The number of hydrogen-bond acceptors (Lipinski definition) is 5. The molecule has 2 N–H and O–H groups in total. The first-order valence-electron chi connectivity index (χ1n) is 10.2. The molecule has 0 saturated heterocycles. The Hall–Kier alpha value is -3.35. The van der Waals surface area contributed by atoms with Crippen molar-refractivity contribution in [2.75, 3.05) is 13.2 Å². The molecule has 0 saturated carbocycles. The van der Waals surface area contributed by atoms with E-state index in [0.29, 0.717) is 18.6 Å². The van der Waals surface area contributed by atoms with Gasteiger partial charge in [-0.05, 0) is 48.7 Å². The van der Waals surface area contributed by atoms with Gasteiger partial charge in [-0.25, -0.2) is 4.39 Å². The Morgan fingerprint density at radius 3 is 2.45 bits per heavy atom. The van der Waals surface area contributed by atoms with Gasteiger partial charge in [0, 0.05) is 12.5 Å². The van der Waals surface area contributed by atoms with Crippen molar-refractivity contribution in [3.63, 3.8) is 0 Å². The van der Waals surface area contributed by atoms with E-state index < -0.39 is 23.6 Å². The van der Waals surface area contributed by atoms with Crippen molar-refractivity contribution in [2.45, 2.75) is 33.2 Å². The minimum Gasteiger partial charge on any atom is -0.504 e. The Balaban J connectivity index is 2.00. The molecule has 6 nitrogen and oxygen atoms in total. The van der Waals surface area contributed by atoms with Crippen LogP contribution >= 0.6 is 0 Å². The molecule has 1 atom stereocenters. The van der Waals surface area contributed by atoms with Crippen LogP contribution in [0.5, 0.6) is 11.5 Å². The molecule has 0 fully saturated rings. The van der Waals surface area contributed by atoms with Gasteiger partial charge in [0.25, 0.3) is 5.91 Å². The van der Waals surface area contributed by atoms with E-state index in [1.807, 2.05) is 0 Å². The Morgan fingerprint density at radius 1 is 1.16 bits per heavy atom. The number of phenols is 1. The summed E-state index contributed by atoms with van der Waals surface area (Å²) in [6, 6.07) is 9.75. The number of benzene rings is 2. The van der Waals surface area contributed by atoms with Gasteiger partial charge in [0.1, 0.15) is 5.82 Å².